The molecule has 0 aliphatic rings. The molecule has 0 bridgehead atoms. The molecule has 0 atom stereocenters. The average molecular weight is 429 g/mol. The van der Waals surface area contributed by atoms with Crippen LogP contribution in [-0.4, -0.2) is 29.5 Å². The van der Waals surface area contributed by atoms with Crippen molar-refractivity contribution in [2.75, 3.05) is 5.73 Å². The summed E-state index contributed by atoms with van der Waals surface area (Å²) in [6.07, 6.45) is 1.22. The molecule has 158 valence electrons. The first-order chi connectivity index (χ1) is 14.1. The molecule has 0 unspecified atom stereocenters. The lowest BCUT2D eigenvalue weighted by Crippen LogP contribution is -2.24. The maximum atomic E-state index is 11.0. The minimum Gasteiger partial charge on any atom is -0.508 e. The lowest BCUT2D eigenvalue weighted by atomic mass is 9.74. The molecule has 0 aromatic heterocycles. The number of phenols is 2. The molecule has 0 radical (unpaired) electrons. The Morgan fingerprint density at radius 2 is 1.23 bits per heavy atom. The van der Waals surface area contributed by atoms with Crippen LogP contribution in [0.15, 0.2) is 77.7 Å². The number of hydrogen-bond donors (Lipinski definition) is 4. The number of aromatic hydroxyl groups is 2. The summed E-state index contributed by atoms with van der Waals surface area (Å²) >= 11 is 0. The van der Waals surface area contributed by atoms with Crippen LogP contribution in [0.2, 0.25) is 0 Å². The number of nitrogen functional groups attached to an aromatic ring is 1. The number of benzene rings is 3. The predicted molar refractivity (Wildman–Crippen MR) is 114 cm³/mol. The molecule has 0 aliphatic carbocycles. The van der Waals surface area contributed by atoms with Gasteiger partial charge >= 0.3 is 0 Å². The maximum absolute atomic E-state index is 11.0. The second-order valence-corrected chi connectivity index (χ2v) is 8.26. The van der Waals surface area contributed by atoms with Gasteiger partial charge in [0.25, 0.3) is 10.1 Å². The molecule has 0 saturated heterocycles. The predicted octanol–water partition coefficient (Wildman–Crippen LogP) is 3.51. The highest BCUT2D eigenvalue weighted by Crippen LogP contribution is 2.35. The van der Waals surface area contributed by atoms with Crippen molar-refractivity contribution < 1.29 is 28.0 Å². The van der Waals surface area contributed by atoms with Crippen LogP contribution in [0.25, 0.3) is 0 Å². The van der Waals surface area contributed by atoms with Crippen molar-refractivity contribution in [2.45, 2.75) is 23.7 Å². The minimum absolute atomic E-state index is 0.147. The molecule has 30 heavy (non-hydrogen) atoms. The molecule has 0 spiro atoms. The Hall–Kier alpha value is -3.36. The van der Waals surface area contributed by atoms with E-state index in [9.17, 15) is 23.4 Å². The fourth-order valence-electron chi connectivity index (χ4n) is 2.87. The van der Waals surface area contributed by atoms with E-state index in [0.29, 0.717) is 12.1 Å². The molecule has 0 amide bonds. The van der Waals surface area contributed by atoms with Gasteiger partial charge in [0, 0.05) is 17.5 Å². The van der Waals surface area contributed by atoms with E-state index in [4.69, 9.17) is 10.3 Å². The molecular formula is C22H23NO6S. The van der Waals surface area contributed by atoms with E-state index < -0.39 is 15.5 Å². The van der Waals surface area contributed by atoms with E-state index >= 15 is 0 Å². The SMILES string of the molecule is CC(CC=O)(c1ccc(O)cc1)c1ccc(O)cc1.Nc1ccc(S(=O)(=O)O)cc1. The summed E-state index contributed by atoms with van der Waals surface area (Å²) in [5, 5.41) is 18.7. The number of hydrogen-bond acceptors (Lipinski definition) is 6. The highest BCUT2D eigenvalue weighted by atomic mass is 32.2. The van der Waals surface area contributed by atoms with Crippen molar-refractivity contribution in [1.82, 2.24) is 0 Å². The molecule has 3 rings (SSSR count). The lowest BCUT2D eigenvalue weighted by Gasteiger charge is -2.29. The first-order valence-electron chi connectivity index (χ1n) is 8.92. The van der Waals surface area contributed by atoms with Gasteiger partial charge in [0.2, 0.25) is 0 Å². The average Bonchev–Trinajstić information content (AvgIpc) is 2.69. The van der Waals surface area contributed by atoms with E-state index in [1.54, 1.807) is 24.3 Å². The van der Waals surface area contributed by atoms with Crippen LogP contribution in [0.5, 0.6) is 11.5 Å². The summed E-state index contributed by atoms with van der Waals surface area (Å²) in [6.45, 7) is 1.97. The molecule has 0 heterocycles. The first kappa shape index (κ1) is 22.9. The molecule has 0 fully saturated rings. The van der Waals surface area contributed by atoms with Crippen molar-refractivity contribution in [2.24, 2.45) is 0 Å². The first-order valence-corrected chi connectivity index (χ1v) is 10.4. The normalized spacial score (nSPS) is 11.3. The number of aldehydes is 1. The third-order valence-corrected chi connectivity index (χ3v) is 5.55. The van der Waals surface area contributed by atoms with Gasteiger partial charge in [-0.25, -0.2) is 0 Å². The van der Waals surface area contributed by atoms with E-state index in [1.807, 2.05) is 31.2 Å². The topological polar surface area (TPSA) is 138 Å². The zero-order chi connectivity index (χ0) is 22.4. The monoisotopic (exact) mass is 429 g/mol. The summed E-state index contributed by atoms with van der Waals surface area (Å²) in [5.41, 5.74) is 7.17. The van der Waals surface area contributed by atoms with Crippen LogP contribution >= 0.6 is 0 Å². The van der Waals surface area contributed by atoms with E-state index in [1.165, 1.54) is 24.3 Å². The van der Waals surface area contributed by atoms with Gasteiger partial charge in [0.1, 0.15) is 17.8 Å². The lowest BCUT2D eigenvalue weighted by molar-refractivity contribution is -0.108. The van der Waals surface area contributed by atoms with Crippen molar-refractivity contribution >= 4 is 22.1 Å². The van der Waals surface area contributed by atoms with Crippen molar-refractivity contribution in [1.29, 1.82) is 0 Å². The second-order valence-electron chi connectivity index (χ2n) is 6.84. The van der Waals surface area contributed by atoms with E-state index in [-0.39, 0.29) is 16.4 Å². The van der Waals surface area contributed by atoms with Gasteiger partial charge in [-0.15, -0.1) is 0 Å². The Labute approximate surface area is 175 Å². The van der Waals surface area contributed by atoms with Crippen LogP contribution in [0.3, 0.4) is 0 Å². The Morgan fingerprint density at radius 1 is 0.833 bits per heavy atom. The second kappa shape index (κ2) is 9.43. The van der Waals surface area contributed by atoms with Crippen molar-refractivity contribution in [3.8, 4) is 11.5 Å². The van der Waals surface area contributed by atoms with Gasteiger partial charge < -0.3 is 20.7 Å². The molecule has 0 aliphatic heterocycles. The fourth-order valence-corrected chi connectivity index (χ4v) is 3.35. The number of phenolic OH excluding ortho intramolecular Hbond substituents is 2. The summed E-state index contributed by atoms with van der Waals surface area (Å²) in [5.74, 6) is 0.394. The Bertz CT molecular complexity index is 1030. The van der Waals surface area contributed by atoms with Gasteiger partial charge in [-0.2, -0.15) is 8.42 Å². The van der Waals surface area contributed by atoms with Gasteiger partial charge in [-0.1, -0.05) is 31.2 Å². The molecule has 3 aromatic carbocycles. The molecule has 7 nitrogen and oxygen atoms in total. The van der Waals surface area contributed by atoms with Crippen LogP contribution < -0.4 is 5.73 Å². The van der Waals surface area contributed by atoms with Gasteiger partial charge in [-0.3, -0.25) is 4.55 Å². The number of anilines is 1. The van der Waals surface area contributed by atoms with Crippen LogP contribution in [0, 0.1) is 0 Å². The molecular weight excluding hydrogens is 406 g/mol. The zero-order valence-electron chi connectivity index (χ0n) is 16.3. The maximum Gasteiger partial charge on any atom is 0.294 e. The van der Waals surface area contributed by atoms with Gasteiger partial charge in [-0.05, 0) is 59.7 Å². The van der Waals surface area contributed by atoms with Crippen molar-refractivity contribution in [3.63, 3.8) is 0 Å². The zero-order valence-corrected chi connectivity index (χ0v) is 17.1. The minimum atomic E-state index is -4.08. The fraction of sp³-hybridized carbons (Fsp3) is 0.136. The smallest absolute Gasteiger partial charge is 0.294 e. The largest absolute Gasteiger partial charge is 0.508 e. The van der Waals surface area contributed by atoms with Crippen molar-refractivity contribution in [3.05, 3.63) is 83.9 Å². The summed E-state index contributed by atoms with van der Waals surface area (Å²) in [7, 11) is -4.08. The number of carbonyl (C=O) groups is 1. The third-order valence-electron chi connectivity index (χ3n) is 4.68. The molecule has 8 heteroatoms. The van der Waals surface area contributed by atoms with Gasteiger partial charge in [0.15, 0.2) is 0 Å². The van der Waals surface area contributed by atoms with E-state index in [2.05, 4.69) is 0 Å². The highest BCUT2D eigenvalue weighted by Gasteiger charge is 2.28. The Balaban J connectivity index is 0.000000248. The number of carbonyl (C=O) groups excluding carboxylic acids is 1. The molecule has 3 aromatic rings. The Kier molecular flexibility index (Phi) is 7.20. The number of rotatable bonds is 5. The summed E-state index contributed by atoms with van der Waals surface area (Å²) < 4.78 is 29.4. The molecule has 0 saturated carbocycles. The van der Waals surface area contributed by atoms with Crippen LogP contribution in [0.1, 0.15) is 24.5 Å². The highest BCUT2D eigenvalue weighted by molar-refractivity contribution is 7.85. The quantitative estimate of drug-likeness (QED) is 0.277. The summed E-state index contributed by atoms with van der Waals surface area (Å²) in [6, 6.07) is 19.0. The number of nitrogens with two attached hydrogens (primary N) is 1. The van der Waals surface area contributed by atoms with E-state index in [0.717, 1.165) is 17.4 Å². The van der Waals surface area contributed by atoms with Crippen LogP contribution in [0.4, 0.5) is 5.69 Å². The van der Waals surface area contributed by atoms with Gasteiger partial charge in [0.05, 0.1) is 4.90 Å². The van der Waals surface area contributed by atoms with Crippen LogP contribution in [-0.2, 0) is 20.3 Å². The third kappa shape index (κ3) is 5.82. The summed E-state index contributed by atoms with van der Waals surface area (Å²) in [4.78, 5) is 10.9. The standard InChI is InChI=1S/C16H16O3.C6H7NO3S/c1-16(10-11-17,12-2-6-14(18)7-3-12)13-4-8-15(19)9-5-13;7-5-1-3-6(4-2-5)11(8,9)10/h2-9,11,18-19H,10H2,1H3;1-4H,7H2,(H,8,9,10). The molecule has 5 N–H and O–H groups in total. The Morgan fingerprint density at radius 3 is 1.57 bits per heavy atom.